The van der Waals surface area contributed by atoms with Gasteiger partial charge in [0.2, 0.25) is 0 Å². The molecule has 22 heavy (non-hydrogen) atoms. The molecule has 1 heterocycles. The lowest BCUT2D eigenvalue weighted by Crippen LogP contribution is -2.31. The number of halogens is 3. The molecule has 0 atom stereocenters. The average molecular weight is 381 g/mol. The van der Waals surface area contributed by atoms with Gasteiger partial charge in [-0.15, -0.1) is 11.3 Å². The molecule has 118 valence electrons. The zero-order chi connectivity index (χ0) is 16.4. The summed E-state index contributed by atoms with van der Waals surface area (Å²) in [6.45, 7) is 3.23. The van der Waals surface area contributed by atoms with Crippen LogP contribution in [0.15, 0.2) is 12.1 Å². The molecule has 0 bridgehead atoms. The lowest BCUT2D eigenvalue weighted by atomic mass is 10.2. The van der Waals surface area contributed by atoms with E-state index < -0.39 is 11.9 Å². The molecule has 8 heteroatoms. The minimum Gasteiger partial charge on any atom is -0.462 e. The third-order valence-electron chi connectivity index (χ3n) is 2.62. The molecule has 1 N–H and O–H groups in total. The Morgan fingerprint density at radius 3 is 2.59 bits per heavy atom. The number of esters is 1. The number of carbonyl (C=O) groups excluding carboxylic acids is 2. The molecule has 0 saturated carbocycles. The zero-order valence-electron chi connectivity index (χ0n) is 11.7. The summed E-state index contributed by atoms with van der Waals surface area (Å²) in [5.41, 5.74) is 0. The Labute approximate surface area is 146 Å². The fourth-order valence-corrected chi connectivity index (χ4v) is 4.09. The summed E-state index contributed by atoms with van der Waals surface area (Å²) in [7, 11) is 0. The molecule has 4 nitrogen and oxygen atoms in total. The van der Waals surface area contributed by atoms with Gasteiger partial charge in [-0.3, -0.25) is 9.59 Å². The van der Waals surface area contributed by atoms with Crippen LogP contribution in [0.5, 0.6) is 0 Å². The van der Waals surface area contributed by atoms with Gasteiger partial charge in [0.15, 0.2) is 0 Å². The van der Waals surface area contributed by atoms with Crippen molar-refractivity contribution in [2.45, 2.75) is 20.0 Å². The van der Waals surface area contributed by atoms with Gasteiger partial charge in [0.05, 0.1) is 16.1 Å². The smallest absolute Gasteiger partial charge is 0.325 e. The van der Waals surface area contributed by atoms with Crippen molar-refractivity contribution in [3.63, 3.8) is 0 Å². The first-order chi connectivity index (χ1) is 10.3. The average Bonchev–Trinajstić information content (AvgIpc) is 2.72. The van der Waals surface area contributed by atoms with Gasteiger partial charge in [-0.05, 0) is 26.0 Å². The fourth-order valence-electron chi connectivity index (χ4n) is 1.80. The number of amides is 1. The van der Waals surface area contributed by atoms with Gasteiger partial charge in [-0.1, -0.05) is 34.8 Å². The normalized spacial score (nSPS) is 11.0. The van der Waals surface area contributed by atoms with Crippen molar-refractivity contribution in [2.24, 2.45) is 0 Å². The summed E-state index contributed by atoms with van der Waals surface area (Å²) in [6, 6.07) is 3.24. The lowest BCUT2D eigenvalue weighted by molar-refractivity contribution is -0.146. The summed E-state index contributed by atoms with van der Waals surface area (Å²) in [4.78, 5) is 23.9. The minimum absolute atomic E-state index is 0.226. The van der Waals surface area contributed by atoms with Crippen LogP contribution in [0.4, 0.5) is 0 Å². The summed E-state index contributed by atoms with van der Waals surface area (Å²) < 4.78 is 5.64. The maximum atomic E-state index is 12.2. The van der Waals surface area contributed by atoms with E-state index in [1.807, 2.05) is 0 Å². The van der Waals surface area contributed by atoms with E-state index in [9.17, 15) is 9.59 Å². The molecule has 1 amide bonds. The standard InChI is InChI=1S/C14H12Cl3NO3S/c1-6(2)21-10(19)5-18-14(20)13-12(17)11-8(16)3-7(15)4-9(11)22-13/h3-4,6H,5H2,1-2H3,(H,18,20). The van der Waals surface area contributed by atoms with Crippen molar-refractivity contribution in [2.75, 3.05) is 6.54 Å². The summed E-state index contributed by atoms with van der Waals surface area (Å²) in [5, 5.41) is 4.14. The van der Waals surface area contributed by atoms with Crippen LogP contribution >= 0.6 is 46.1 Å². The SMILES string of the molecule is CC(C)OC(=O)CNC(=O)c1sc2cc(Cl)cc(Cl)c2c1Cl. The van der Waals surface area contributed by atoms with Crippen LogP contribution in [0, 0.1) is 0 Å². The molecule has 2 aromatic rings. The van der Waals surface area contributed by atoms with Crippen LogP contribution in [0.1, 0.15) is 23.5 Å². The number of hydrogen-bond donors (Lipinski definition) is 1. The first-order valence-electron chi connectivity index (χ1n) is 6.34. The molecule has 0 spiro atoms. The fraction of sp³-hybridized carbons (Fsp3) is 0.286. The van der Waals surface area contributed by atoms with Crippen LogP contribution in [-0.2, 0) is 9.53 Å². The van der Waals surface area contributed by atoms with Crippen molar-refractivity contribution >= 4 is 68.1 Å². The molecule has 2 rings (SSSR count). The van der Waals surface area contributed by atoms with Crippen LogP contribution in [-0.4, -0.2) is 24.5 Å². The monoisotopic (exact) mass is 379 g/mol. The van der Waals surface area contributed by atoms with E-state index >= 15 is 0 Å². The summed E-state index contributed by atoms with van der Waals surface area (Å²) in [6.07, 6.45) is -0.238. The first-order valence-corrected chi connectivity index (χ1v) is 8.29. The first kappa shape index (κ1) is 17.3. The van der Waals surface area contributed by atoms with Crippen molar-refractivity contribution in [1.29, 1.82) is 0 Å². The van der Waals surface area contributed by atoms with Gasteiger partial charge in [-0.25, -0.2) is 0 Å². The van der Waals surface area contributed by atoms with Crippen LogP contribution in [0.25, 0.3) is 10.1 Å². The number of ether oxygens (including phenoxy) is 1. The number of benzene rings is 1. The van der Waals surface area contributed by atoms with Crippen molar-refractivity contribution < 1.29 is 14.3 Å². The molecular weight excluding hydrogens is 369 g/mol. The number of thiophene rings is 1. The molecule has 0 unspecified atom stereocenters. The quantitative estimate of drug-likeness (QED) is 0.792. The lowest BCUT2D eigenvalue weighted by Gasteiger charge is -2.08. The van der Waals surface area contributed by atoms with E-state index in [1.54, 1.807) is 26.0 Å². The molecule has 0 aliphatic rings. The molecular formula is C14H12Cl3NO3S. The van der Waals surface area contributed by atoms with Gasteiger partial charge in [0.1, 0.15) is 11.4 Å². The van der Waals surface area contributed by atoms with Crippen LogP contribution in [0.2, 0.25) is 15.1 Å². The number of hydrogen-bond acceptors (Lipinski definition) is 4. The second-order valence-corrected chi connectivity index (χ2v) is 7.00. The minimum atomic E-state index is -0.512. The number of rotatable bonds is 4. The molecule has 1 aromatic heterocycles. The van der Waals surface area contributed by atoms with E-state index in [4.69, 9.17) is 39.5 Å². The third kappa shape index (κ3) is 3.84. The van der Waals surface area contributed by atoms with Crippen LogP contribution in [0.3, 0.4) is 0 Å². The highest BCUT2D eigenvalue weighted by Crippen LogP contribution is 2.41. The number of nitrogens with one attached hydrogen (secondary N) is 1. The largest absolute Gasteiger partial charge is 0.462 e. The third-order valence-corrected chi connectivity index (χ3v) is 4.76. The van der Waals surface area contributed by atoms with E-state index in [0.29, 0.717) is 20.1 Å². The maximum absolute atomic E-state index is 12.2. The molecule has 0 aliphatic heterocycles. The summed E-state index contributed by atoms with van der Waals surface area (Å²) in [5.74, 6) is -0.972. The van der Waals surface area contributed by atoms with Gasteiger partial charge < -0.3 is 10.1 Å². The maximum Gasteiger partial charge on any atom is 0.325 e. The van der Waals surface area contributed by atoms with Crippen LogP contribution < -0.4 is 5.32 Å². The Kier molecular flexibility index (Phi) is 5.55. The highest BCUT2D eigenvalue weighted by atomic mass is 35.5. The summed E-state index contributed by atoms with van der Waals surface area (Å²) >= 11 is 19.4. The Bertz CT molecular complexity index is 742. The Hall–Kier alpha value is -1.01. The predicted molar refractivity (Wildman–Crippen MR) is 90.4 cm³/mol. The van der Waals surface area contributed by atoms with Gasteiger partial charge >= 0.3 is 5.97 Å². The molecule has 0 radical (unpaired) electrons. The van der Waals surface area contributed by atoms with Gasteiger partial charge in [0.25, 0.3) is 5.91 Å². The van der Waals surface area contributed by atoms with E-state index in [1.165, 1.54) is 0 Å². The Morgan fingerprint density at radius 2 is 1.95 bits per heavy atom. The topological polar surface area (TPSA) is 55.4 Å². The Balaban J connectivity index is 2.20. The van der Waals surface area contributed by atoms with Crippen molar-refractivity contribution in [3.05, 3.63) is 32.1 Å². The second kappa shape index (κ2) is 7.04. The van der Waals surface area contributed by atoms with Crippen molar-refractivity contribution in [1.82, 2.24) is 5.32 Å². The number of fused-ring (bicyclic) bond motifs is 1. The highest BCUT2D eigenvalue weighted by molar-refractivity contribution is 7.21. The molecule has 1 aromatic carbocycles. The molecule has 0 saturated heterocycles. The second-order valence-electron chi connectivity index (χ2n) is 4.73. The van der Waals surface area contributed by atoms with E-state index in [2.05, 4.69) is 5.32 Å². The molecule has 0 fully saturated rings. The zero-order valence-corrected chi connectivity index (χ0v) is 14.8. The number of carbonyl (C=O) groups is 2. The predicted octanol–water partition coefficient (Wildman–Crippen LogP) is 4.54. The van der Waals surface area contributed by atoms with Gasteiger partial charge in [-0.2, -0.15) is 0 Å². The highest BCUT2D eigenvalue weighted by Gasteiger charge is 2.20. The van der Waals surface area contributed by atoms with Gasteiger partial charge in [0, 0.05) is 15.1 Å². The Morgan fingerprint density at radius 1 is 1.27 bits per heavy atom. The molecule has 0 aliphatic carbocycles. The van der Waals surface area contributed by atoms with E-state index in [0.717, 1.165) is 11.3 Å². The van der Waals surface area contributed by atoms with E-state index in [-0.39, 0.29) is 22.5 Å². The van der Waals surface area contributed by atoms with Crippen molar-refractivity contribution in [3.8, 4) is 0 Å².